The molecule has 14 heteroatoms. The third-order valence-electron chi connectivity index (χ3n) is 5.03. The summed E-state index contributed by atoms with van der Waals surface area (Å²) >= 11 is 0. The highest BCUT2D eigenvalue weighted by Gasteiger charge is 2.21. The Morgan fingerprint density at radius 2 is 1.50 bits per heavy atom. The minimum absolute atomic E-state index is 0.0366. The predicted octanol–water partition coefficient (Wildman–Crippen LogP) is 1.50. The van der Waals surface area contributed by atoms with Crippen LogP contribution >= 0.6 is 0 Å². The summed E-state index contributed by atoms with van der Waals surface area (Å²) in [6, 6.07) is 5.76. The molecule has 2 aromatic carbocycles. The number of allylic oxidation sites excluding steroid dienone is 5. The van der Waals surface area contributed by atoms with E-state index in [2.05, 4.69) is 0 Å². The van der Waals surface area contributed by atoms with Crippen molar-refractivity contribution < 1.29 is 38.9 Å². The molecule has 0 aromatic heterocycles. The number of aryl methyl sites for hydroxylation is 1. The van der Waals surface area contributed by atoms with Crippen LogP contribution in [0.2, 0.25) is 0 Å². The summed E-state index contributed by atoms with van der Waals surface area (Å²) in [6.45, 7) is 1.43. The van der Waals surface area contributed by atoms with Gasteiger partial charge in [-0.3, -0.25) is 4.55 Å². The van der Waals surface area contributed by atoms with E-state index in [0.29, 0.717) is 0 Å². The molecule has 0 unspecified atom stereocenters. The van der Waals surface area contributed by atoms with Crippen molar-refractivity contribution in [3.63, 3.8) is 0 Å². The molecule has 11 nitrogen and oxygen atoms in total. The Bertz CT molecular complexity index is 1620. The molecule has 0 atom stereocenters. The van der Waals surface area contributed by atoms with Crippen LogP contribution in [0.25, 0.3) is 5.57 Å². The topological polar surface area (TPSA) is 221 Å². The molecule has 0 heterocycles. The number of benzene rings is 2. The summed E-state index contributed by atoms with van der Waals surface area (Å²) < 4.78 is 103. The smallest absolute Gasteiger partial charge is 0.290 e. The standard InChI is InChI=1S/C20H20N2O9S3/c1-11-7-14(10-18(20(11)22)34(29,30)31)19(12-3-2-4-15(8-12)32(23,24)25)13-5-6-16(21)17(9-13)33(26,27)28/h2-3,5-10H,4,21-22H2,1H3,(H,23,24,25)(H,26,27,28)(H,29,30,31)/p-2/b19-12+. The third kappa shape index (κ3) is 5.22. The highest BCUT2D eigenvalue weighted by molar-refractivity contribution is 7.89. The molecule has 0 saturated heterocycles. The monoisotopic (exact) mass is 526 g/mol. The van der Waals surface area contributed by atoms with E-state index < -0.39 is 45.1 Å². The van der Waals surface area contributed by atoms with Gasteiger partial charge in [-0.1, -0.05) is 18.2 Å². The molecule has 0 aliphatic heterocycles. The van der Waals surface area contributed by atoms with Crippen LogP contribution < -0.4 is 11.5 Å². The minimum Gasteiger partial charge on any atom is -0.744 e. The second kappa shape index (κ2) is 8.65. The molecule has 1 aliphatic carbocycles. The van der Waals surface area contributed by atoms with E-state index >= 15 is 0 Å². The van der Waals surface area contributed by atoms with Crippen LogP contribution in [0.3, 0.4) is 0 Å². The Labute approximate surface area is 196 Å². The van der Waals surface area contributed by atoms with Crippen molar-refractivity contribution in [3.8, 4) is 0 Å². The third-order valence-corrected chi connectivity index (χ3v) is 7.75. The van der Waals surface area contributed by atoms with Gasteiger partial charge in [0.05, 0.1) is 20.4 Å². The van der Waals surface area contributed by atoms with Crippen molar-refractivity contribution in [2.24, 2.45) is 0 Å². The minimum atomic E-state index is -5.03. The van der Waals surface area contributed by atoms with Crippen LogP contribution in [0.4, 0.5) is 11.4 Å². The molecular formula is C20H18N2O9S3-2. The van der Waals surface area contributed by atoms with Gasteiger partial charge in [-0.15, -0.1) is 0 Å². The molecule has 0 bridgehead atoms. The summed E-state index contributed by atoms with van der Waals surface area (Å²) in [5.74, 6) is 0. The number of nitrogens with two attached hydrogens (primary N) is 2. The molecule has 0 amide bonds. The second-order valence-corrected chi connectivity index (χ2v) is 11.6. The molecule has 3 rings (SSSR count). The van der Waals surface area contributed by atoms with Gasteiger partial charge in [0.15, 0.2) is 0 Å². The molecule has 182 valence electrons. The maximum absolute atomic E-state index is 11.8. The molecule has 0 saturated carbocycles. The van der Waals surface area contributed by atoms with Crippen molar-refractivity contribution in [1.82, 2.24) is 0 Å². The maximum atomic E-state index is 11.8. The Morgan fingerprint density at radius 3 is 2.06 bits per heavy atom. The van der Waals surface area contributed by atoms with Crippen LogP contribution in [0.1, 0.15) is 23.1 Å². The molecule has 34 heavy (non-hydrogen) atoms. The fourth-order valence-electron chi connectivity index (χ4n) is 3.44. The van der Waals surface area contributed by atoms with Gasteiger partial charge in [0.25, 0.3) is 10.1 Å². The first-order chi connectivity index (χ1) is 15.5. The summed E-state index contributed by atoms with van der Waals surface area (Å²) in [5, 5.41) is 0. The summed E-state index contributed by atoms with van der Waals surface area (Å²) in [4.78, 5) is -1.89. The SMILES string of the molecule is Cc1cc(/C(=C2\C=CCC(S(=O)(=O)O)=C2)c2ccc(N)c(S(=O)(=O)[O-])c2)cc(S(=O)(=O)[O-])c1N. The molecule has 5 N–H and O–H groups in total. The van der Waals surface area contributed by atoms with Gasteiger partial charge in [-0.25, -0.2) is 16.8 Å². The zero-order chi connectivity index (χ0) is 25.6. The van der Waals surface area contributed by atoms with Gasteiger partial charge in [-0.2, -0.15) is 8.42 Å². The number of hydrogen-bond donors (Lipinski definition) is 3. The van der Waals surface area contributed by atoms with Crippen LogP contribution in [-0.4, -0.2) is 38.9 Å². The van der Waals surface area contributed by atoms with E-state index in [-0.39, 0.29) is 45.6 Å². The Morgan fingerprint density at radius 1 is 0.912 bits per heavy atom. The number of nitrogen functional groups attached to an aromatic ring is 2. The largest absolute Gasteiger partial charge is 0.744 e. The molecule has 0 spiro atoms. The lowest BCUT2D eigenvalue weighted by molar-refractivity contribution is 0.461. The zero-order valence-corrected chi connectivity index (χ0v) is 19.9. The van der Waals surface area contributed by atoms with Crippen LogP contribution in [-0.2, 0) is 30.4 Å². The quantitative estimate of drug-likeness (QED) is 0.374. The second-order valence-electron chi connectivity index (χ2n) is 7.39. The lowest BCUT2D eigenvalue weighted by Gasteiger charge is -2.20. The fourth-order valence-corrected chi connectivity index (χ4v) is 5.35. The average molecular weight is 527 g/mol. The van der Waals surface area contributed by atoms with E-state index in [1.165, 1.54) is 31.2 Å². The van der Waals surface area contributed by atoms with E-state index in [1.54, 1.807) is 0 Å². The number of anilines is 2. The fraction of sp³-hybridized carbons (Fsp3) is 0.100. The molecular weight excluding hydrogens is 508 g/mol. The van der Waals surface area contributed by atoms with E-state index in [1.807, 2.05) is 0 Å². The molecule has 2 aromatic rings. The first-order valence-corrected chi connectivity index (χ1v) is 13.6. The molecule has 0 radical (unpaired) electrons. The van der Waals surface area contributed by atoms with Crippen molar-refractivity contribution in [2.45, 2.75) is 23.1 Å². The van der Waals surface area contributed by atoms with Gasteiger partial charge >= 0.3 is 0 Å². The van der Waals surface area contributed by atoms with Gasteiger partial charge in [0.2, 0.25) is 0 Å². The van der Waals surface area contributed by atoms with Crippen molar-refractivity contribution in [3.05, 3.63) is 75.7 Å². The normalized spacial score (nSPS) is 16.3. The first kappa shape index (κ1) is 25.6. The van der Waals surface area contributed by atoms with E-state index in [9.17, 15) is 38.9 Å². The lowest BCUT2D eigenvalue weighted by Crippen LogP contribution is -2.09. The number of hydrogen-bond acceptors (Lipinski definition) is 10. The van der Waals surface area contributed by atoms with Crippen molar-refractivity contribution in [1.29, 1.82) is 0 Å². The van der Waals surface area contributed by atoms with Gasteiger partial charge in [-0.05, 0) is 65.1 Å². The van der Waals surface area contributed by atoms with Gasteiger partial charge in [0.1, 0.15) is 20.2 Å². The summed E-state index contributed by atoms with van der Waals surface area (Å²) in [5.41, 5.74) is 11.2. The van der Waals surface area contributed by atoms with E-state index in [0.717, 1.165) is 24.3 Å². The highest BCUT2D eigenvalue weighted by atomic mass is 32.2. The Balaban J connectivity index is 2.49. The van der Waals surface area contributed by atoms with E-state index in [4.69, 9.17) is 11.5 Å². The highest BCUT2D eigenvalue weighted by Crippen LogP contribution is 2.37. The van der Waals surface area contributed by atoms with Crippen molar-refractivity contribution >= 4 is 47.3 Å². The van der Waals surface area contributed by atoms with Crippen LogP contribution in [0.15, 0.2) is 68.8 Å². The zero-order valence-electron chi connectivity index (χ0n) is 17.4. The summed E-state index contributed by atoms with van der Waals surface area (Å²) in [7, 11) is -14.6. The first-order valence-electron chi connectivity index (χ1n) is 9.31. The van der Waals surface area contributed by atoms with Crippen molar-refractivity contribution in [2.75, 3.05) is 11.5 Å². The molecule has 1 aliphatic rings. The Hall–Kier alpha value is -3.01. The Kier molecular flexibility index (Phi) is 6.51. The maximum Gasteiger partial charge on any atom is 0.290 e. The van der Waals surface area contributed by atoms with Gasteiger partial charge in [0, 0.05) is 12.1 Å². The number of rotatable bonds is 5. The van der Waals surface area contributed by atoms with Crippen LogP contribution in [0, 0.1) is 6.92 Å². The molecule has 0 fully saturated rings. The lowest BCUT2D eigenvalue weighted by atomic mass is 9.90. The predicted molar refractivity (Wildman–Crippen MR) is 122 cm³/mol. The average Bonchev–Trinajstić information content (AvgIpc) is 2.69. The summed E-state index contributed by atoms with van der Waals surface area (Å²) in [6.07, 6.45) is 3.81. The van der Waals surface area contributed by atoms with Crippen LogP contribution in [0.5, 0.6) is 0 Å². The van der Waals surface area contributed by atoms with Gasteiger partial charge < -0.3 is 20.6 Å².